The van der Waals surface area contributed by atoms with Crippen molar-refractivity contribution in [2.75, 3.05) is 20.8 Å². The SMILES string of the molecule is COC(=O)c1c(C)noc1-c1ccc(OC[C@H]2CCCC[C@@H]2C(=O)OC)cc1. The first-order chi connectivity index (χ1) is 13.5. The van der Waals surface area contributed by atoms with Crippen LogP contribution in [-0.4, -0.2) is 37.9 Å². The van der Waals surface area contributed by atoms with Crippen LogP contribution >= 0.6 is 0 Å². The van der Waals surface area contributed by atoms with E-state index in [0.29, 0.717) is 34.9 Å². The lowest BCUT2D eigenvalue weighted by Crippen LogP contribution is -2.32. The second-order valence-electron chi connectivity index (χ2n) is 6.97. The Morgan fingerprint density at radius 2 is 1.82 bits per heavy atom. The van der Waals surface area contributed by atoms with E-state index in [4.69, 9.17) is 18.7 Å². The van der Waals surface area contributed by atoms with Crippen LogP contribution in [0.4, 0.5) is 0 Å². The summed E-state index contributed by atoms with van der Waals surface area (Å²) in [5.41, 5.74) is 1.51. The molecule has 150 valence electrons. The van der Waals surface area contributed by atoms with Crippen LogP contribution < -0.4 is 4.74 Å². The molecule has 7 nitrogen and oxygen atoms in total. The van der Waals surface area contributed by atoms with E-state index in [1.54, 1.807) is 19.1 Å². The first-order valence-corrected chi connectivity index (χ1v) is 9.40. The van der Waals surface area contributed by atoms with Gasteiger partial charge in [-0.2, -0.15) is 0 Å². The van der Waals surface area contributed by atoms with E-state index < -0.39 is 5.97 Å². The van der Waals surface area contributed by atoms with Gasteiger partial charge in [-0.15, -0.1) is 0 Å². The maximum absolute atomic E-state index is 12.0. The Labute approximate surface area is 163 Å². The molecule has 1 saturated carbocycles. The van der Waals surface area contributed by atoms with Crippen molar-refractivity contribution in [1.29, 1.82) is 0 Å². The number of carbonyl (C=O) groups is 2. The fourth-order valence-corrected chi connectivity index (χ4v) is 3.68. The van der Waals surface area contributed by atoms with E-state index in [1.165, 1.54) is 14.2 Å². The molecule has 1 aliphatic rings. The Hall–Kier alpha value is -2.83. The summed E-state index contributed by atoms with van der Waals surface area (Å²) < 4.78 is 21.0. The minimum Gasteiger partial charge on any atom is -0.493 e. The molecule has 0 aliphatic heterocycles. The predicted octanol–water partition coefficient (Wildman–Crippen LogP) is 3.79. The van der Waals surface area contributed by atoms with Gasteiger partial charge < -0.3 is 18.7 Å². The molecule has 0 radical (unpaired) electrons. The molecule has 1 aromatic heterocycles. The molecule has 28 heavy (non-hydrogen) atoms. The zero-order chi connectivity index (χ0) is 20.1. The number of aryl methyl sites for hydroxylation is 1. The van der Waals surface area contributed by atoms with Crippen LogP contribution in [0.2, 0.25) is 0 Å². The van der Waals surface area contributed by atoms with Gasteiger partial charge in [-0.3, -0.25) is 4.79 Å². The fraction of sp³-hybridized carbons (Fsp3) is 0.476. The van der Waals surface area contributed by atoms with E-state index >= 15 is 0 Å². The second kappa shape index (κ2) is 8.91. The number of methoxy groups -OCH3 is 2. The maximum atomic E-state index is 12.0. The molecule has 7 heteroatoms. The number of nitrogens with zero attached hydrogens (tertiary/aromatic N) is 1. The van der Waals surface area contributed by atoms with E-state index in [9.17, 15) is 9.59 Å². The Morgan fingerprint density at radius 1 is 1.11 bits per heavy atom. The van der Waals surface area contributed by atoms with Gasteiger partial charge in [0.15, 0.2) is 5.76 Å². The first kappa shape index (κ1) is 19.9. The number of aromatic nitrogens is 1. The van der Waals surface area contributed by atoms with Crippen molar-refractivity contribution < 1.29 is 28.3 Å². The number of hydrogen-bond acceptors (Lipinski definition) is 7. The van der Waals surface area contributed by atoms with Gasteiger partial charge in [0.1, 0.15) is 11.3 Å². The van der Waals surface area contributed by atoms with Crippen LogP contribution in [0.25, 0.3) is 11.3 Å². The lowest BCUT2D eigenvalue weighted by Gasteiger charge is -2.29. The quantitative estimate of drug-likeness (QED) is 0.697. The molecule has 0 spiro atoms. The predicted molar refractivity (Wildman–Crippen MR) is 101 cm³/mol. The topological polar surface area (TPSA) is 87.9 Å². The molecular weight excluding hydrogens is 362 g/mol. The van der Waals surface area contributed by atoms with Crippen LogP contribution in [0.3, 0.4) is 0 Å². The average Bonchev–Trinajstić information content (AvgIpc) is 3.13. The minimum atomic E-state index is -0.486. The standard InChI is InChI=1S/C21H25NO6/c1-13-18(21(24)26-3)19(28-22-13)14-8-10-16(11-9-14)27-12-15-6-4-5-7-17(15)20(23)25-2/h8-11,15,17H,4-7,12H2,1-3H3/t15-,17+/m1/s1. The summed E-state index contributed by atoms with van der Waals surface area (Å²) in [6, 6.07) is 7.23. The van der Waals surface area contributed by atoms with E-state index in [-0.39, 0.29) is 17.8 Å². The van der Waals surface area contributed by atoms with Crippen molar-refractivity contribution in [2.45, 2.75) is 32.6 Å². The summed E-state index contributed by atoms with van der Waals surface area (Å²) in [7, 11) is 2.75. The number of ether oxygens (including phenoxy) is 3. The van der Waals surface area contributed by atoms with Crippen molar-refractivity contribution >= 4 is 11.9 Å². The largest absolute Gasteiger partial charge is 0.493 e. The van der Waals surface area contributed by atoms with Crippen LogP contribution in [-0.2, 0) is 14.3 Å². The molecule has 1 fully saturated rings. The molecule has 3 rings (SSSR count). The molecule has 0 saturated heterocycles. The van der Waals surface area contributed by atoms with Crippen LogP contribution in [0.1, 0.15) is 41.7 Å². The summed E-state index contributed by atoms with van der Waals surface area (Å²) in [5, 5.41) is 3.86. The van der Waals surface area contributed by atoms with Gasteiger partial charge in [-0.05, 0) is 44.0 Å². The highest BCUT2D eigenvalue weighted by Gasteiger charge is 2.32. The molecule has 2 aromatic rings. The summed E-state index contributed by atoms with van der Waals surface area (Å²) in [6.07, 6.45) is 3.95. The molecule has 1 heterocycles. The number of hydrogen-bond donors (Lipinski definition) is 0. The lowest BCUT2D eigenvalue weighted by atomic mass is 9.80. The molecule has 0 unspecified atom stereocenters. The molecule has 0 N–H and O–H groups in total. The molecule has 2 atom stereocenters. The van der Waals surface area contributed by atoms with Crippen LogP contribution in [0.5, 0.6) is 5.75 Å². The van der Waals surface area contributed by atoms with Crippen LogP contribution in [0, 0.1) is 18.8 Å². The molecule has 0 amide bonds. The zero-order valence-electron chi connectivity index (χ0n) is 16.4. The van der Waals surface area contributed by atoms with Crippen molar-refractivity contribution in [1.82, 2.24) is 5.16 Å². The molecular formula is C21H25NO6. The summed E-state index contributed by atoms with van der Waals surface area (Å²) in [4.78, 5) is 23.9. The zero-order valence-corrected chi connectivity index (χ0v) is 16.4. The van der Waals surface area contributed by atoms with Crippen molar-refractivity contribution in [3.05, 3.63) is 35.5 Å². The average molecular weight is 387 g/mol. The molecule has 1 aromatic carbocycles. The van der Waals surface area contributed by atoms with E-state index in [1.807, 2.05) is 12.1 Å². The van der Waals surface area contributed by atoms with E-state index in [2.05, 4.69) is 5.16 Å². The third-order valence-corrected chi connectivity index (χ3v) is 5.25. The van der Waals surface area contributed by atoms with Crippen molar-refractivity contribution in [3.8, 4) is 17.1 Å². The maximum Gasteiger partial charge on any atom is 0.343 e. The highest BCUT2D eigenvalue weighted by molar-refractivity contribution is 5.96. The first-order valence-electron chi connectivity index (χ1n) is 9.40. The molecule has 0 bridgehead atoms. The second-order valence-corrected chi connectivity index (χ2v) is 6.97. The smallest absolute Gasteiger partial charge is 0.343 e. The number of benzene rings is 1. The number of esters is 2. The van der Waals surface area contributed by atoms with Crippen molar-refractivity contribution in [2.24, 2.45) is 11.8 Å². The fourth-order valence-electron chi connectivity index (χ4n) is 3.68. The summed E-state index contributed by atoms with van der Waals surface area (Å²) >= 11 is 0. The van der Waals surface area contributed by atoms with Gasteiger partial charge >= 0.3 is 11.9 Å². The van der Waals surface area contributed by atoms with Gasteiger partial charge in [0.05, 0.1) is 32.4 Å². The third kappa shape index (κ3) is 4.18. The Bertz CT molecular complexity index is 826. The lowest BCUT2D eigenvalue weighted by molar-refractivity contribution is -0.149. The van der Waals surface area contributed by atoms with Gasteiger partial charge in [0.25, 0.3) is 0 Å². The monoisotopic (exact) mass is 387 g/mol. The Balaban J connectivity index is 1.68. The van der Waals surface area contributed by atoms with E-state index in [0.717, 1.165) is 25.7 Å². The van der Waals surface area contributed by atoms with Crippen LogP contribution in [0.15, 0.2) is 28.8 Å². The Morgan fingerprint density at radius 3 is 2.50 bits per heavy atom. The van der Waals surface area contributed by atoms with Gasteiger partial charge in [0, 0.05) is 11.5 Å². The van der Waals surface area contributed by atoms with Crippen molar-refractivity contribution in [3.63, 3.8) is 0 Å². The number of carbonyl (C=O) groups excluding carboxylic acids is 2. The highest BCUT2D eigenvalue weighted by atomic mass is 16.5. The highest BCUT2D eigenvalue weighted by Crippen LogP contribution is 2.32. The van der Waals surface area contributed by atoms with Gasteiger partial charge in [-0.25, -0.2) is 4.79 Å². The summed E-state index contributed by atoms with van der Waals surface area (Å²) in [6.45, 7) is 2.16. The van der Waals surface area contributed by atoms with Gasteiger partial charge in [-0.1, -0.05) is 18.0 Å². The third-order valence-electron chi connectivity index (χ3n) is 5.25. The Kier molecular flexibility index (Phi) is 6.34. The normalized spacial score (nSPS) is 19.1. The summed E-state index contributed by atoms with van der Waals surface area (Å²) in [5.74, 6) is 0.476. The van der Waals surface area contributed by atoms with Gasteiger partial charge in [0.2, 0.25) is 0 Å². The minimum absolute atomic E-state index is 0.0993. The number of rotatable bonds is 6. The molecule has 1 aliphatic carbocycles.